The van der Waals surface area contributed by atoms with Crippen molar-refractivity contribution in [3.05, 3.63) is 59.4 Å². The number of carbonyl (C=O) groups is 1. The molecule has 3 aromatic rings. The highest BCUT2D eigenvalue weighted by Gasteiger charge is 2.33. The fourth-order valence-electron chi connectivity index (χ4n) is 5.27. The summed E-state index contributed by atoms with van der Waals surface area (Å²) in [6.45, 7) is 2.67. The third kappa shape index (κ3) is 4.00. The molecule has 1 N–H and O–H groups in total. The van der Waals surface area contributed by atoms with Crippen LogP contribution in [0.5, 0.6) is 0 Å². The number of aromatic nitrogens is 2. The van der Waals surface area contributed by atoms with E-state index in [0.29, 0.717) is 6.61 Å². The van der Waals surface area contributed by atoms with Crippen molar-refractivity contribution in [3.63, 3.8) is 0 Å². The molecule has 0 unspecified atom stereocenters. The topological polar surface area (TPSA) is 76.8 Å². The number of hydrogen-bond donors (Lipinski definition) is 1. The molecule has 0 bridgehead atoms. The molecule has 1 aromatic heterocycles. The van der Waals surface area contributed by atoms with E-state index in [2.05, 4.69) is 41.8 Å². The Morgan fingerprint density at radius 1 is 1.18 bits per heavy atom. The van der Waals surface area contributed by atoms with Gasteiger partial charge in [0, 0.05) is 18.0 Å². The van der Waals surface area contributed by atoms with E-state index in [1.54, 1.807) is 4.90 Å². The number of methoxy groups -OCH3 is 1. The number of imidazole rings is 1. The van der Waals surface area contributed by atoms with Crippen LogP contribution in [-0.4, -0.2) is 53.2 Å². The number of aryl methyl sites for hydroxylation is 1. The Bertz CT molecular complexity index is 1140. The van der Waals surface area contributed by atoms with Gasteiger partial charge in [0.25, 0.3) is 0 Å². The second-order valence-corrected chi connectivity index (χ2v) is 9.09. The summed E-state index contributed by atoms with van der Waals surface area (Å²) < 4.78 is 13.3. The summed E-state index contributed by atoms with van der Waals surface area (Å²) in [5, 5.41) is 9.49. The van der Waals surface area contributed by atoms with Crippen LogP contribution in [0.3, 0.4) is 0 Å². The van der Waals surface area contributed by atoms with Crippen molar-refractivity contribution in [3.8, 4) is 0 Å². The number of rotatable bonds is 4. The van der Waals surface area contributed by atoms with E-state index in [9.17, 15) is 9.90 Å². The predicted molar refractivity (Wildman–Crippen MR) is 127 cm³/mol. The molecular weight excluding hydrogens is 418 g/mol. The van der Waals surface area contributed by atoms with E-state index in [-0.39, 0.29) is 30.9 Å². The van der Waals surface area contributed by atoms with Crippen LogP contribution in [0, 0.1) is 0 Å². The molecule has 7 heteroatoms. The van der Waals surface area contributed by atoms with Crippen molar-refractivity contribution in [1.82, 2.24) is 9.55 Å². The van der Waals surface area contributed by atoms with Crippen molar-refractivity contribution in [2.75, 3.05) is 25.2 Å². The summed E-state index contributed by atoms with van der Waals surface area (Å²) in [4.78, 5) is 19.5. The molecule has 0 spiro atoms. The maximum Gasteiger partial charge on any atom is 0.414 e. The van der Waals surface area contributed by atoms with E-state index in [1.165, 1.54) is 12.7 Å². The Morgan fingerprint density at radius 3 is 2.70 bits per heavy atom. The highest BCUT2D eigenvalue weighted by Crippen LogP contribution is 2.38. The quantitative estimate of drug-likeness (QED) is 0.645. The molecule has 2 aromatic carbocycles. The van der Waals surface area contributed by atoms with E-state index in [1.807, 2.05) is 12.1 Å². The molecule has 0 radical (unpaired) electrons. The SMILES string of the molecule is COC(=O)N1c2ccc3c(nc(Cc4ccccc4)n3[C@@H]3CC[C@@H](CO)OC3)c2CC[C@@H]1C. The first-order valence-electron chi connectivity index (χ1n) is 11.8. The Hall–Kier alpha value is -2.90. The van der Waals surface area contributed by atoms with Crippen LogP contribution in [0.25, 0.3) is 11.0 Å². The molecule has 1 fully saturated rings. The number of aliphatic hydroxyl groups is 1. The zero-order chi connectivity index (χ0) is 22.9. The lowest BCUT2D eigenvalue weighted by Gasteiger charge is -2.34. The number of hydrogen-bond acceptors (Lipinski definition) is 5. The summed E-state index contributed by atoms with van der Waals surface area (Å²) in [5.41, 5.74) is 5.24. The maximum absolute atomic E-state index is 12.5. The van der Waals surface area contributed by atoms with Crippen molar-refractivity contribution in [2.24, 2.45) is 0 Å². The lowest BCUT2D eigenvalue weighted by Crippen LogP contribution is -2.42. The molecule has 3 heterocycles. The summed E-state index contributed by atoms with van der Waals surface area (Å²) in [6.07, 6.45) is 3.80. The fourth-order valence-corrected chi connectivity index (χ4v) is 5.27. The summed E-state index contributed by atoms with van der Waals surface area (Å²) >= 11 is 0. The standard InChI is InChI=1S/C26H31N3O4/c1-17-8-11-21-22(28(17)26(31)32-2)12-13-23-25(21)27-24(14-18-6-4-3-5-7-18)29(23)19-9-10-20(15-30)33-16-19/h3-7,12-13,17,19-20,30H,8-11,14-16H2,1-2H3/t17-,19+,20-/m0/s1. The zero-order valence-electron chi connectivity index (χ0n) is 19.2. The number of carbonyl (C=O) groups excluding carboxylic acids is 1. The molecular formula is C26H31N3O4. The molecule has 3 atom stereocenters. The van der Waals surface area contributed by atoms with Gasteiger partial charge in [0.1, 0.15) is 5.82 Å². The van der Waals surface area contributed by atoms with Gasteiger partial charge in [-0.1, -0.05) is 30.3 Å². The van der Waals surface area contributed by atoms with E-state index >= 15 is 0 Å². The highest BCUT2D eigenvalue weighted by molar-refractivity contribution is 5.95. The first-order chi connectivity index (χ1) is 16.1. The average molecular weight is 450 g/mol. The monoisotopic (exact) mass is 449 g/mol. The summed E-state index contributed by atoms with van der Waals surface area (Å²) in [6, 6.07) is 14.7. The van der Waals surface area contributed by atoms with Gasteiger partial charge in [-0.15, -0.1) is 0 Å². The number of ether oxygens (including phenoxy) is 2. The lowest BCUT2D eigenvalue weighted by molar-refractivity contribution is -0.0386. The van der Waals surface area contributed by atoms with E-state index in [0.717, 1.165) is 60.2 Å². The van der Waals surface area contributed by atoms with Crippen LogP contribution in [0.1, 0.15) is 49.2 Å². The minimum atomic E-state index is -0.331. The predicted octanol–water partition coefficient (Wildman–Crippen LogP) is 4.25. The maximum atomic E-state index is 12.5. The fraction of sp³-hybridized carbons (Fsp3) is 0.462. The number of amides is 1. The van der Waals surface area contributed by atoms with Gasteiger partial charge in [-0.3, -0.25) is 4.90 Å². The van der Waals surface area contributed by atoms with Gasteiger partial charge in [0.2, 0.25) is 0 Å². The number of benzene rings is 2. The largest absolute Gasteiger partial charge is 0.452 e. The van der Waals surface area contributed by atoms with E-state index < -0.39 is 0 Å². The van der Waals surface area contributed by atoms with Crippen LogP contribution < -0.4 is 4.90 Å². The normalized spacial score (nSPS) is 22.9. The van der Waals surface area contributed by atoms with Crippen molar-refractivity contribution >= 4 is 22.8 Å². The summed E-state index contributed by atoms with van der Waals surface area (Å²) in [7, 11) is 1.43. The molecule has 7 nitrogen and oxygen atoms in total. The lowest BCUT2D eigenvalue weighted by atomic mass is 9.95. The molecule has 5 rings (SSSR count). The Morgan fingerprint density at radius 2 is 2.00 bits per heavy atom. The summed E-state index contributed by atoms with van der Waals surface area (Å²) in [5.74, 6) is 1.00. The minimum Gasteiger partial charge on any atom is -0.452 e. The van der Waals surface area contributed by atoms with Gasteiger partial charge < -0.3 is 19.1 Å². The number of anilines is 1. The third-order valence-electron chi connectivity index (χ3n) is 7.02. The second kappa shape index (κ2) is 9.15. The first-order valence-corrected chi connectivity index (χ1v) is 11.8. The molecule has 1 amide bonds. The Balaban J connectivity index is 1.62. The number of nitrogens with zero attached hydrogens (tertiary/aromatic N) is 3. The van der Waals surface area contributed by atoms with Crippen LogP contribution >= 0.6 is 0 Å². The zero-order valence-corrected chi connectivity index (χ0v) is 19.2. The minimum absolute atomic E-state index is 0.0589. The van der Waals surface area contributed by atoms with Gasteiger partial charge in [0.15, 0.2) is 0 Å². The van der Waals surface area contributed by atoms with Crippen LogP contribution in [0.4, 0.5) is 10.5 Å². The molecule has 174 valence electrons. The molecule has 2 aliphatic heterocycles. The smallest absolute Gasteiger partial charge is 0.414 e. The molecule has 33 heavy (non-hydrogen) atoms. The Labute approximate surface area is 193 Å². The van der Waals surface area contributed by atoms with Gasteiger partial charge >= 0.3 is 6.09 Å². The first kappa shape index (κ1) is 21.9. The molecule has 0 saturated carbocycles. The Kier molecular flexibility index (Phi) is 6.08. The highest BCUT2D eigenvalue weighted by atomic mass is 16.5. The third-order valence-corrected chi connectivity index (χ3v) is 7.02. The molecule has 1 saturated heterocycles. The second-order valence-electron chi connectivity index (χ2n) is 9.09. The molecule has 2 aliphatic rings. The van der Waals surface area contributed by atoms with Gasteiger partial charge in [-0.05, 0) is 50.3 Å². The van der Waals surface area contributed by atoms with Gasteiger partial charge in [-0.2, -0.15) is 0 Å². The van der Waals surface area contributed by atoms with Crippen LogP contribution in [0.2, 0.25) is 0 Å². The number of fused-ring (bicyclic) bond motifs is 3. The van der Waals surface area contributed by atoms with Crippen molar-refractivity contribution in [2.45, 2.75) is 57.2 Å². The van der Waals surface area contributed by atoms with Gasteiger partial charge in [-0.25, -0.2) is 9.78 Å². The van der Waals surface area contributed by atoms with Crippen LogP contribution in [0.15, 0.2) is 42.5 Å². The average Bonchev–Trinajstić information content (AvgIpc) is 3.22. The molecule has 0 aliphatic carbocycles. The van der Waals surface area contributed by atoms with E-state index in [4.69, 9.17) is 14.5 Å². The van der Waals surface area contributed by atoms with Gasteiger partial charge in [0.05, 0.1) is 49.2 Å². The number of aliphatic hydroxyl groups excluding tert-OH is 1. The van der Waals surface area contributed by atoms with Crippen LogP contribution in [-0.2, 0) is 22.3 Å². The van der Waals surface area contributed by atoms with Crippen molar-refractivity contribution < 1.29 is 19.4 Å². The van der Waals surface area contributed by atoms with Crippen molar-refractivity contribution in [1.29, 1.82) is 0 Å².